The van der Waals surface area contributed by atoms with Gasteiger partial charge in [-0.15, -0.1) is 11.3 Å². The molecule has 5 nitrogen and oxygen atoms in total. The van der Waals surface area contributed by atoms with Crippen LogP contribution in [0.1, 0.15) is 10.4 Å². The number of halogens is 2. The Kier molecular flexibility index (Phi) is 4.11. The van der Waals surface area contributed by atoms with Crippen molar-refractivity contribution in [2.75, 3.05) is 4.72 Å². The van der Waals surface area contributed by atoms with Crippen LogP contribution in [0.15, 0.2) is 38.3 Å². The molecular weight excluding hydrogens is 373 g/mol. The maximum atomic E-state index is 13.6. The highest BCUT2D eigenvalue weighted by Crippen LogP contribution is 2.28. The normalized spacial score (nSPS) is 11.3. The molecule has 2 N–H and O–H groups in total. The average molecular weight is 380 g/mol. The lowest BCUT2D eigenvalue weighted by Gasteiger charge is -2.08. The van der Waals surface area contributed by atoms with Crippen molar-refractivity contribution in [3.05, 3.63) is 45.5 Å². The molecular formula is C11H7BrFNO4S2. The molecule has 0 spiro atoms. The molecule has 0 aliphatic carbocycles. The Hall–Kier alpha value is -1.45. The summed E-state index contributed by atoms with van der Waals surface area (Å²) >= 11 is 4.09. The third-order valence-electron chi connectivity index (χ3n) is 2.27. The molecule has 20 heavy (non-hydrogen) atoms. The van der Waals surface area contributed by atoms with Crippen LogP contribution < -0.4 is 4.72 Å². The van der Waals surface area contributed by atoms with Gasteiger partial charge in [0.1, 0.15) is 10.0 Å². The van der Waals surface area contributed by atoms with Gasteiger partial charge < -0.3 is 5.11 Å². The summed E-state index contributed by atoms with van der Waals surface area (Å²) in [7, 11) is -3.95. The van der Waals surface area contributed by atoms with Gasteiger partial charge >= 0.3 is 5.97 Å². The van der Waals surface area contributed by atoms with Gasteiger partial charge in [-0.3, -0.25) is 4.72 Å². The number of hydrogen-bond acceptors (Lipinski definition) is 4. The summed E-state index contributed by atoms with van der Waals surface area (Å²) in [6.45, 7) is 0. The van der Waals surface area contributed by atoms with Gasteiger partial charge in [-0.05, 0) is 46.3 Å². The Morgan fingerprint density at radius 2 is 2.00 bits per heavy atom. The number of carboxylic acids is 1. The predicted octanol–water partition coefficient (Wildman–Crippen LogP) is 3.15. The van der Waals surface area contributed by atoms with Crippen molar-refractivity contribution in [2.24, 2.45) is 0 Å². The van der Waals surface area contributed by atoms with Gasteiger partial charge in [-0.1, -0.05) is 0 Å². The first-order valence-electron chi connectivity index (χ1n) is 5.10. The highest BCUT2D eigenvalue weighted by Gasteiger charge is 2.19. The Labute approximate surface area is 126 Å². The Balaban J connectivity index is 2.39. The minimum atomic E-state index is -3.95. The molecule has 0 saturated carbocycles. The molecule has 0 amide bonds. The first kappa shape index (κ1) is 14.9. The number of benzene rings is 1. The van der Waals surface area contributed by atoms with Crippen LogP contribution in [0.2, 0.25) is 0 Å². The third-order valence-corrected chi connectivity index (χ3v) is 5.75. The molecule has 2 aromatic rings. The molecule has 106 valence electrons. The topological polar surface area (TPSA) is 83.5 Å². The predicted molar refractivity (Wildman–Crippen MR) is 76.2 cm³/mol. The van der Waals surface area contributed by atoms with Crippen molar-refractivity contribution < 1.29 is 22.7 Å². The van der Waals surface area contributed by atoms with Gasteiger partial charge in [-0.25, -0.2) is 17.6 Å². The molecule has 0 unspecified atom stereocenters. The number of carboxylic acid groups (broad SMARTS) is 1. The van der Waals surface area contributed by atoms with Crippen LogP contribution in [-0.2, 0) is 10.0 Å². The summed E-state index contributed by atoms with van der Waals surface area (Å²) in [6.07, 6.45) is 0. The fourth-order valence-electron chi connectivity index (χ4n) is 1.37. The van der Waals surface area contributed by atoms with Crippen molar-refractivity contribution in [2.45, 2.75) is 4.21 Å². The standard InChI is InChI=1S/C11H7BrFNO4S2/c12-9-3-4-10(19-9)20(17,18)14-8-5-6(11(15)16)1-2-7(8)13/h1-5,14H,(H,15,16). The van der Waals surface area contributed by atoms with Crippen LogP contribution >= 0.6 is 27.3 Å². The summed E-state index contributed by atoms with van der Waals surface area (Å²) < 4.78 is 40.2. The Morgan fingerprint density at radius 1 is 1.30 bits per heavy atom. The fraction of sp³-hybridized carbons (Fsp3) is 0. The first-order valence-corrected chi connectivity index (χ1v) is 8.20. The smallest absolute Gasteiger partial charge is 0.335 e. The van der Waals surface area contributed by atoms with Gasteiger partial charge in [0.2, 0.25) is 0 Å². The summed E-state index contributed by atoms with van der Waals surface area (Å²) in [4.78, 5) is 10.8. The molecule has 0 aliphatic heterocycles. The van der Waals surface area contributed by atoms with E-state index in [1.165, 1.54) is 6.07 Å². The van der Waals surface area contributed by atoms with E-state index in [1.807, 2.05) is 4.72 Å². The molecule has 0 bridgehead atoms. The maximum Gasteiger partial charge on any atom is 0.335 e. The Morgan fingerprint density at radius 3 is 2.55 bits per heavy atom. The zero-order chi connectivity index (χ0) is 14.9. The van der Waals surface area contributed by atoms with E-state index in [2.05, 4.69) is 15.9 Å². The van der Waals surface area contributed by atoms with Gasteiger partial charge in [0.15, 0.2) is 0 Å². The number of thiophene rings is 1. The van der Waals surface area contributed by atoms with Crippen molar-refractivity contribution in [3.8, 4) is 0 Å². The number of anilines is 1. The zero-order valence-corrected chi connectivity index (χ0v) is 12.9. The molecule has 9 heteroatoms. The van der Waals surface area contributed by atoms with Crippen LogP contribution in [0.5, 0.6) is 0 Å². The summed E-state index contributed by atoms with van der Waals surface area (Å²) in [5.41, 5.74) is -0.620. The van der Waals surface area contributed by atoms with E-state index in [0.717, 1.165) is 29.5 Å². The number of rotatable bonds is 4. The minimum Gasteiger partial charge on any atom is -0.478 e. The SMILES string of the molecule is O=C(O)c1ccc(F)c(NS(=O)(=O)c2ccc(Br)s2)c1. The van der Waals surface area contributed by atoms with Gasteiger partial charge in [0.25, 0.3) is 10.0 Å². The average Bonchev–Trinajstić information content (AvgIpc) is 2.79. The molecule has 0 aliphatic rings. The lowest BCUT2D eigenvalue weighted by atomic mass is 10.2. The Bertz CT molecular complexity index is 772. The third kappa shape index (κ3) is 3.17. The van der Waals surface area contributed by atoms with E-state index in [1.54, 1.807) is 6.07 Å². The summed E-state index contributed by atoms with van der Waals surface area (Å²) in [5, 5.41) is 8.82. The van der Waals surface area contributed by atoms with Crippen molar-refractivity contribution in [3.63, 3.8) is 0 Å². The van der Waals surface area contributed by atoms with Crippen LogP contribution in [0.4, 0.5) is 10.1 Å². The highest BCUT2D eigenvalue weighted by molar-refractivity contribution is 9.11. The molecule has 0 fully saturated rings. The number of aromatic carboxylic acids is 1. The second-order valence-electron chi connectivity index (χ2n) is 3.66. The summed E-state index contributed by atoms with van der Waals surface area (Å²) in [5.74, 6) is -2.13. The fourth-order valence-corrected chi connectivity index (χ4v) is 4.44. The number of sulfonamides is 1. The van der Waals surface area contributed by atoms with Gasteiger partial charge in [-0.2, -0.15) is 0 Å². The lowest BCUT2D eigenvalue weighted by molar-refractivity contribution is 0.0697. The van der Waals surface area contributed by atoms with E-state index >= 15 is 0 Å². The van der Waals surface area contributed by atoms with Crippen molar-refractivity contribution >= 4 is 48.9 Å². The van der Waals surface area contributed by atoms with E-state index in [-0.39, 0.29) is 9.77 Å². The van der Waals surface area contributed by atoms with Gasteiger partial charge in [0.05, 0.1) is 15.0 Å². The number of nitrogens with one attached hydrogen (secondary N) is 1. The largest absolute Gasteiger partial charge is 0.478 e. The van der Waals surface area contributed by atoms with Crippen LogP contribution in [-0.4, -0.2) is 19.5 Å². The van der Waals surface area contributed by atoms with E-state index in [9.17, 15) is 17.6 Å². The molecule has 1 heterocycles. The minimum absolute atomic E-state index is 0.00972. The van der Waals surface area contributed by atoms with Crippen LogP contribution in [0.25, 0.3) is 0 Å². The second kappa shape index (κ2) is 5.51. The first-order chi connectivity index (χ1) is 9.29. The van der Waals surface area contributed by atoms with Crippen LogP contribution in [0.3, 0.4) is 0 Å². The molecule has 1 aromatic carbocycles. The van der Waals surface area contributed by atoms with E-state index in [0.29, 0.717) is 3.79 Å². The van der Waals surface area contributed by atoms with E-state index in [4.69, 9.17) is 5.11 Å². The zero-order valence-electron chi connectivity index (χ0n) is 9.63. The van der Waals surface area contributed by atoms with Gasteiger partial charge in [0, 0.05) is 0 Å². The lowest BCUT2D eigenvalue weighted by Crippen LogP contribution is -2.13. The van der Waals surface area contributed by atoms with Crippen LogP contribution in [0, 0.1) is 5.82 Å². The van der Waals surface area contributed by atoms with Crippen molar-refractivity contribution in [1.29, 1.82) is 0 Å². The van der Waals surface area contributed by atoms with E-state index < -0.39 is 27.5 Å². The summed E-state index contributed by atoms with van der Waals surface area (Å²) in [6, 6.07) is 5.78. The second-order valence-corrected chi connectivity index (χ2v) is 8.04. The molecule has 1 aromatic heterocycles. The molecule has 0 radical (unpaired) electrons. The molecule has 0 atom stereocenters. The molecule has 2 rings (SSSR count). The number of hydrogen-bond donors (Lipinski definition) is 2. The quantitative estimate of drug-likeness (QED) is 0.854. The highest BCUT2D eigenvalue weighted by atomic mass is 79.9. The monoisotopic (exact) mass is 379 g/mol. The maximum absolute atomic E-state index is 13.6. The molecule has 0 saturated heterocycles. The van der Waals surface area contributed by atoms with Crippen molar-refractivity contribution in [1.82, 2.24) is 0 Å². The number of carbonyl (C=O) groups is 1.